The molecule has 2 aromatic rings. The van der Waals surface area contributed by atoms with Crippen molar-refractivity contribution in [1.29, 1.82) is 0 Å². The molecule has 1 atom stereocenters. The number of amides is 1. The van der Waals surface area contributed by atoms with Crippen LogP contribution >= 0.6 is 0 Å². The summed E-state index contributed by atoms with van der Waals surface area (Å²) in [5.74, 6) is 0.643. The Labute approximate surface area is 130 Å². The summed E-state index contributed by atoms with van der Waals surface area (Å²) in [5.41, 5.74) is 2.06. The lowest BCUT2D eigenvalue weighted by Crippen LogP contribution is -2.24. The molecule has 1 N–H and O–H groups in total. The largest absolute Gasteiger partial charge is 0.381 e. The second kappa shape index (κ2) is 7.22. The van der Waals surface area contributed by atoms with Gasteiger partial charge >= 0.3 is 0 Å². The lowest BCUT2D eigenvalue weighted by molar-refractivity contribution is -0.121. The molecule has 0 bridgehead atoms. The van der Waals surface area contributed by atoms with Gasteiger partial charge in [0.05, 0.1) is 5.69 Å². The average Bonchev–Trinajstić information content (AvgIpc) is 3.24. The second-order valence-corrected chi connectivity index (χ2v) is 5.62. The minimum atomic E-state index is 0.0992. The molecule has 1 aliphatic heterocycles. The summed E-state index contributed by atoms with van der Waals surface area (Å²) in [5, 5.41) is 7.26. The molecular weight excluding hydrogens is 278 g/mol. The van der Waals surface area contributed by atoms with Crippen molar-refractivity contribution in [2.45, 2.75) is 25.8 Å². The van der Waals surface area contributed by atoms with E-state index in [4.69, 9.17) is 4.74 Å². The molecule has 0 spiro atoms. The third kappa shape index (κ3) is 3.74. The molecule has 1 fully saturated rings. The zero-order chi connectivity index (χ0) is 15.2. The molecule has 2 heterocycles. The van der Waals surface area contributed by atoms with Gasteiger partial charge in [0.1, 0.15) is 0 Å². The standard InChI is InChI=1S/C17H21N3O2/c21-17(7-6-14-8-11-22-13-14)18-12-15-4-1-2-5-16(15)20-10-3-9-19-20/h1-5,9-10,14H,6-8,11-13H2,(H,18,21)/t14-/m1/s1. The van der Waals surface area contributed by atoms with E-state index < -0.39 is 0 Å². The quantitative estimate of drug-likeness (QED) is 0.890. The van der Waals surface area contributed by atoms with Gasteiger partial charge in [0.2, 0.25) is 5.91 Å². The Morgan fingerprint density at radius 3 is 3.05 bits per heavy atom. The number of carbonyl (C=O) groups is 1. The second-order valence-electron chi connectivity index (χ2n) is 5.62. The molecule has 1 aromatic heterocycles. The first-order valence-electron chi connectivity index (χ1n) is 7.75. The van der Waals surface area contributed by atoms with Crippen LogP contribution in [0.3, 0.4) is 0 Å². The van der Waals surface area contributed by atoms with Crippen LogP contribution in [0.1, 0.15) is 24.8 Å². The summed E-state index contributed by atoms with van der Waals surface area (Å²) in [6.07, 6.45) is 6.21. The number of nitrogens with one attached hydrogen (secondary N) is 1. The highest BCUT2D eigenvalue weighted by molar-refractivity contribution is 5.76. The number of rotatable bonds is 6. The normalized spacial score (nSPS) is 17.5. The maximum atomic E-state index is 12.0. The van der Waals surface area contributed by atoms with E-state index in [1.165, 1.54) is 0 Å². The highest BCUT2D eigenvalue weighted by Crippen LogP contribution is 2.18. The molecule has 0 radical (unpaired) electrons. The van der Waals surface area contributed by atoms with Crippen molar-refractivity contribution in [1.82, 2.24) is 15.1 Å². The van der Waals surface area contributed by atoms with Crippen molar-refractivity contribution < 1.29 is 9.53 Å². The minimum absolute atomic E-state index is 0.0992. The molecule has 5 nitrogen and oxygen atoms in total. The number of hydrogen-bond donors (Lipinski definition) is 1. The first-order valence-corrected chi connectivity index (χ1v) is 7.75. The fourth-order valence-corrected chi connectivity index (χ4v) is 2.72. The van der Waals surface area contributed by atoms with E-state index in [9.17, 15) is 4.79 Å². The number of ether oxygens (including phenoxy) is 1. The maximum Gasteiger partial charge on any atom is 0.220 e. The van der Waals surface area contributed by atoms with E-state index >= 15 is 0 Å². The van der Waals surface area contributed by atoms with Crippen LogP contribution in [0.15, 0.2) is 42.7 Å². The van der Waals surface area contributed by atoms with Crippen LogP contribution in [0.5, 0.6) is 0 Å². The van der Waals surface area contributed by atoms with Crippen LogP contribution in [0.25, 0.3) is 5.69 Å². The molecule has 1 saturated heterocycles. The summed E-state index contributed by atoms with van der Waals surface area (Å²) >= 11 is 0. The SMILES string of the molecule is O=C(CC[C@@H]1CCOC1)NCc1ccccc1-n1cccn1. The van der Waals surface area contributed by atoms with E-state index in [0.29, 0.717) is 18.9 Å². The van der Waals surface area contributed by atoms with Crippen LogP contribution in [-0.2, 0) is 16.1 Å². The summed E-state index contributed by atoms with van der Waals surface area (Å²) in [4.78, 5) is 12.0. The molecule has 0 saturated carbocycles. The van der Waals surface area contributed by atoms with E-state index in [-0.39, 0.29) is 5.91 Å². The molecule has 3 rings (SSSR count). The fourth-order valence-electron chi connectivity index (χ4n) is 2.72. The lowest BCUT2D eigenvalue weighted by atomic mass is 10.0. The van der Waals surface area contributed by atoms with Gasteiger partial charge in [-0.25, -0.2) is 4.68 Å². The predicted octanol–water partition coefficient (Wildman–Crippen LogP) is 2.31. The third-order valence-electron chi connectivity index (χ3n) is 4.02. The lowest BCUT2D eigenvalue weighted by Gasteiger charge is -2.11. The van der Waals surface area contributed by atoms with Crippen molar-refractivity contribution in [2.75, 3.05) is 13.2 Å². The number of para-hydroxylation sites is 1. The zero-order valence-electron chi connectivity index (χ0n) is 12.6. The van der Waals surface area contributed by atoms with Crippen LogP contribution in [0, 0.1) is 5.92 Å². The number of nitrogens with zero attached hydrogens (tertiary/aromatic N) is 2. The molecule has 1 aliphatic rings. The van der Waals surface area contributed by atoms with Gasteiger partial charge in [-0.15, -0.1) is 0 Å². The number of hydrogen-bond acceptors (Lipinski definition) is 3. The topological polar surface area (TPSA) is 56.1 Å². The van der Waals surface area contributed by atoms with Gasteiger partial charge in [0.25, 0.3) is 0 Å². The van der Waals surface area contributed by atoms with Gasteiger partial charge in [-0.1, -0.05) is 18.2 Å². The molecule has 22 heavy (non-hydrogen) atoms. The summed E-state index contributed by atoms with van der Waals surface area (Å²) < 4.78 is 7.15. The van der Waals surface area contributed by atoms with Gasteiger partial charge in [0.15, 0.2) is 0 Å². The summed E-state index contributed by atoms with van der Waals surface area (Å²) in [7, 11) is 0. The van der Waals surface area contributed by atoms with Gasteiger partial charge in [-0.05, 0) is 36.5 Å². The van der Waals surface area contributed by atoms with Crippen LogP contribution in [-0.4, -0.2) is 28.9 Å². The van der Waals surface area contributed by atoms with Gasteiger partial charge in [0, 0.05) is 38.6 Å². The maximum absolute atomic E-state index is 12.0. The molecular formula is C17H21N3O2. The number of carbonyl (C=O) groups excluding carboxylic acids is 1. The Balaban J connectivity index is 1.54. The highest BCUT2D eigenvalue weighted by Gasteiger charge is 2.16. The monoisotopic (exact) mass is 299 g/mol. The minimum Gasteiger partial charge on any atom is -0.381 e. The van der Waals surface area contributed by atoms with Crippen LogP contribution in [0.4, 0.5) is 0 Å². The average molecular weight is 299 g/mol. The van der Waals surface area contributed by atoms with Gasteiger partial charge in [-0.2, -0.15) is 5.10 Å². The van der Waals surface area contributed by atoms with Crippen LogP contribution < -0.4 is 5.32 Å². The van der Waals surface area contributed by atoms with Gasteiger partial charge < -0.3 is 10.1 Å². The fraction of sp³-hybridized carbons (Fsp3) is 0.412. The Kier molecular flexibility index (Phi) is 4.85. The predicted molar refractivity (Wildman–Crippen MR) is 83.6 cm³/mol. The smallest absolute Gasteiger partial charge is 0.220 e. The van der Waals surface area contributed by atoms with Crippen molar-refractivity contribution in [3.05, 3.63) is 48.3 Å². The van der Waals surface area contributed by atoms with E-state index in [2.05, 4.69) is 10.4 Å². The Bertz CT molecular complexity index is 604. The highest BCUT2D eigenvalue weighted by atomic mass is 16.5. The molecule has 1 aromatic carbocycles. The molecule has 1 amide bonds. The van der Waals surface area contributed by atoms with Crippen molar-refractivity contribution in [2.24, 2.45) is 5.92 Å². The number of aromatic nitrogens is 2. The van der Waals surface area contributed by atoms with Crippen LogP contribution in [0.2, 0.25) is 0 Å². The Hall–Kier alpha value is -2.14. The van der Waals surface area contributed by atoms with Gasteiger partial charge in [-0.3, -0.25) is 4.79 Å². The molecule has 116 valence electrons. The van der Waals surface area contributed by atoms with Crippen molar-refractivity contribution in [3.8, 4) is 5.69 Å². The zero-order valence-corrected chi connectivity index (χ0v) is 12.6. The summed E-state index contributed by atoms with van der Waals surface area (Å²) in [6.45, 7) is 2.16. The van der Waals surface area contributed by atoms with E-state index in [0.717, 1.165) is 37.3 Å². The molecule has 0 unspecified atom stereocenters. The Morgan fingerprint density at radius 1 is 1.36 bits per heavy atom. The summed E-state index contributed by atoms with van der Waals surface area (Å²) in [6, 6.07) is 9.86. The third-order valence-corrected chi connectivity index (χ3v) is 4.02. The van der Waals surface area contributed by atoms with Crippen molar-refractivity contribution >= 4 is 5.91 Å². The first kappa shape index (κ1) is 14.8. The van der Waals surface area contributed by atoms with E-state index in [1.54, 1.807) is 6.20 Å². The van der Waals surface area contributed by atoms with Crippen molar-refractivity contribution in [3.63, 3.8) is 0 Å². The first-order chi connectivity index (χ1) is 10.8. The molecule has 0 aliphatic carbocycles. The number of benzene rings is 1. The van der Waals surface area contributed by atoms with E-state index in [1.807, 2.05) is 41.2 Å². The Morgan fingerprint density at radius 2 is 2.27 bits per heavy atom. The molecule has 5 heteroatoms.